The summed E-state index contributed by atoms with van der Waals surface area (Å²) in [5, 5.41) is 14.5. The van der Waals surface area contributed by atoms with Gasteiger partial charge in [-0.3, -0.25) is 9.69 Å². The van der Waals surface area contributed by atoms with Crippen LogP contribution in [0.4, 0.5) is 4.39 Å². The molecule has 3 aromatic carbocycles. The molecule has 0 radical (unpaired) electrons. The molecule has 1 N–H and O–H groups in total. The lowest BCUT2D eigenvalue weighted by atomic mass is 10.00. The van der Waals surface area contributed by atoms with Crippen molar-refractivity contribution in [3.63, 3.8) is 0 Å². The minimum atomic E-state index is -0.308. The number of halogens is 1. The molecule has 0 saturated carbocycles. The van der Waals surface area contributed by atoms with Crippen molar-refractivity contribution in [3.05, 3.63) is 96.1 Å². The van der Waals surface area contributed by atoms with Crippen LogP contribution in [-0.4, -0.2) is 50.1 Å². The average Bonchev–Trinajstić information content (AvgIpc) is 3.41. The lowest BCUT2D eigenvalue weighted by Gasteiger charge is -2.32. The van der Waals surface area contributed by atoms with E-state index in [1.165, 1.54) is 28.7 Å². The second-order valence-corrected chi connectivity index (χ2v) is 8.54. The molecular formula is C26H25FN6O. The van der Waals surface area contributed by atoms with Gasteiger partial charge < -0.3 is 5.32 Å². The molecule has 5 rings (SSSR count). The van der Waals surface area contributed by atoms with Gasteiger partial charge in [-0.15, -0.1) is 5.10 Å². The van der Waals surface area contributed by atoms with Crippen LogP contribution in [0.3, 0.4) is 0 Å². The van der Waals surface area contributed by atoms with Gasteiger partial charge in [-0.2, -0.15) is 0 Å². The zero-order chi connectivity index (χ0) is 23.3. The Hall–Kier alpha value is -3.91. The number of likely N-dealkylation sites (tertiary alicyclic amines) is 1. The van der Waals surface area contributed by atoms with Gasteiger partial charge in [0.2, 0.25) is 0 Å². The van der Waals surface area contributed by atoms with E-state index >= 15 is 0 Å². The first-order valence-corrected chi connectivity index (χ1v) is 11.4. The van der Waals surface area contributed by atoms with Crippen LogP contribution in [0, 0.1) is 5.82 Å². The van der Waals surface area contributed by atoms with E-state index in [-0.39, 0.29) is 17.8 Å². The molecule has 8 heteroatoms. The molecule has 1 aromatic heterocycles. The monoisotopic (exact) mass is 456 g/mol. The summed E-state index contributed by atoms with van der Waals surface area (Å²) in [5.74, 6) is -0.447. The lowest BCUT2D eigenvalue weighted by molar-refractivity contribution is 0.0909. The van der Waals surface area contributed by atoms with Crippen LogP contribution in [0.2, 0.25) is 0 Å². The maximum absolute atomic E-state index is 13.4. The molecule has 0 aliphatic carbocycles. The molecule has 0 unspecified atom stereocenters. The molecule has 2 heterocycles. The number of hydrogen-bond acceptors (Lipinski definition) is 5. The summed E-state index contributed by atoms with van der Waals surface area (Å²) >= 11 is 0. The summed E-state index contributed by atoms with van der Waals surface area (Å²) in [7, 11) is 0. The molecule has 34 heavy (non-hydrogen) atoms. The third kappa shape index (κ3) is 5.18. The molecule has 172 valence electrons. The highest BCUT2D eigenvalue weighted by Crippen LogP contribution is 2.25. The highest BCUT2D eigenvalue weighted by Gasteiger charge is 2.22. The second-order valence-electron chi connectivity index (χ2n) is 8.54. The van der Waals surface area contributed by atoms with Crippen LogP contribution in [0.15, 0.2) is 79.1 Å². The molecule has 0 atom stereocenters. The summed E-state index contributed by atoms with van der Waals surface area (Å²) in [5.41, 5.74) is 4.07. The molecule has 0 spiro atoms. The number of nitrogens with one attached hydrogen (secondary N) is 1. The van der Waals surface area contributed by atoms with Crippen LogP contribution in [0.5, 0.6) is 0 Å². The second kappa shape index (κ2) is 9.93. The molecule has 0 bridgehead atoms. The lowest BCUT2D eigenvalue weighted by Crippen LogP contribution is -2.44. The number of tetrazole rings is 1. The molecule has 1 amide bonds. The summed E-state index contributed by atoms with van der Waals surface area (Å²) in [6.07, 6.45) is 3.28. The summed E-state index contributed by atoms with van der Waals surface area (Å²) in [6.45, 7) is 2.80. The normalized spacial score (nSPS) is 14.7. The largest absolute Gasteiger partial charge is 0.349 e. The standard InChI is InChI=1S/C26H25FN6O/c27-23-8-6-20(7-9-23)21-14-22(16-25(15-21)33-18-28-30-31-33)26(34)29-24-10-12-32(13-11-24)17-19-4-2-1-3-5-19/h1-9,14-16,18,24H,10-13,17H2,(H,29,34). The predicted molar refractivity (Wildman–Crippen MR) is 127 cm³/mol. The Bertz CT molecular complexity index is 1240. The van der Waals surface area contributed by atoms with Gasteiger partial charge in [0.15, 0.2) is 0 Å². The van der Waals surface area contributed by atoms with Gasteiger partial charge in [0.25, 0.3) is 5.91 Å². The first-order valence-electron chi connectivity index (χ1n) is 11.4. The fourth-order valence-electron chi connectivity index (χ4n) is 4.31. The Labute approximate surface area is 197 Å². The number of benzene rings is 3. The smallest absolute Gasteiger partial charge is 0.251 e. The molecule has 1 aliphatic rings. The van der Waals surface area contributed by atoms with Gasteiger partial charge in [-0.05, 0) is 70.3 Å². The van der Waals surface area contributed by atoms with Gasteiger partial charge in [-0.25, -0.2) is 9.07 Å². The Balaban J connectivity index is 1.30. The number of piperidine rings is 1. The Morgan fingerprint density at radius 3 is 2.44 bits per heavy atom. The van der Waals surface area contributed by atoms with E-state index in [0.717, 1.165) is 43.6 Å². The Morgan fingerprint density at radius 1 is 0.971 bits per heavy atom. The van der Waals surface area contributed by atoms with Crippen molar-refractivity contribution in [2.45, 2.75) is 25.4 Å². The van der Waals surface area contributed by atoms with E-state index < -0.39 is 0 Å². The number of aromatic nitrogens is 4. The minimum Gasteiger partial charge on any atom is -0.349 e. The minimum absolute atomic E-state index is 0.116. The summed E-state index contributed by atoms with van der Waals surface area (Å²) in [4.78, 5) is 15.6. The fraction of sp³-hybridized carbons (Fsp3) is 0.231. The van der Waals surface area contributed by atoms with Gasteiger partial charge in [0, 0.05) is 31.2 Å². The van der Waals surface area contributed by atoms with Gasteiger partial charge in [0.1, 0.15) is 12.1 Å². The Kier molecular flexibility index (Phi) is 6.40. The van der Waals surface area contributed by atoms with Gasteiger partial charge in [0.05, 0.1) is 5.69 Å². The topological polar surface area (TPSA) is 75.9 Å². The highest BCUT2D eigenvalue weighted by molar-refractivity contribution is 5.96. The van der Waals surface area contributed by atoms with E-state index in [2.05, 4.69) is 50.0 Å². The zero-order valence-corrected chi connectivity index (χ0v) is 18.6. The van der Waals surface area contributed by atoms with Crippen LogP contribution in [0.25, 0.3) is 16.8 Å². The third-order valence-electron chi connectivity index (χ3n) is 6.14. The van der Waals surface area contributed by atoms with E-state index in [1.54, 1.807) is 18.2 Å². The number of rotatable bonds is 6. The van der Waals surface area contributed by atoms with Crippen molar-refractivity contribution in [1.29, 1.82) is 0 Å². The maximum Gasteiger partial charge on any atom is 0.251 e. The van der Waals surface area contributed by atoms with Crippen molar-refractivity contribution in [1.82, 2.24) is 30.4 Å². The first kappa shape index (κ1) is 21.9. The van der Waals surface area contributed by atoms with Gasteiger partial charge >= 0.3 is 0 Å². The molecular weight excluding hydrogens is 431 g/mol. The van der Waals surface area contributed by atoms with Crippen molar-refractivity contribution in [2.24, 2.45) is 0 Å². The Morgan fingerprint density at radius 2 is 1.74 bits per heavy atom. The third-order valence-corrected chi connectivity index (χ3v) is 6.14. The highest BCUT2D eigenvalue weighted by atomic mass is 19.1. The zero-order valence-electron chi connectivity index (χ0n) is 18.6. The van der Waals surface area contributed by atoms with E-state index in [0.29, 0.717) is 11.3 Å². The first-order chi connectivity index (χ1) is 16.6. The predicted octanol–water partition coefficient (Wildman–Crippen LogP) is 3.86. The van der Waals surface area contributed by atoms with E-state index in [9.17, 15) is 9.18 Å². The van der Waals surface area contributed by atoms with Crippen LogP contribution < -0.4 is 5.32 Å². The van der Waals surface area contributed by atoms with Crippen molar-refractivity contribution in [3.8, 4) is 16.8 Å². The molecule has 1 saturated heterocycles. The van der Waals surface area contributed by atoms with Crippen molar-refractivity contribution in [2.75, 3.05) is 13.1 Å². The fourth-order valence-corrected chi connectivity index (χ4v) is 4.31. The number of amides is 1. The summed E-state index contributed by atoms with van der Waals surface area (Å²) in [6, 6.07) is 22.2. The van der Waals surface area contributed by atoms with Crippen LogP contribution >= 0.6 is 0 Å². The number of nitrogens with zero attached hydrogens (tertiary/aromatic N) is 5. The van der Waals surface area contributed by atoms with Crippen molar-refractivity contribution >= 4 is 5.91 Å². The molecule has 1 aliphatic heterocycles. The maximum atomic E-state index is 13.4. The molecule has 4 aromatic rings. The number of hydrogen-bond donors (Lipinski definition) is 1. The van der Waals surface area contributed by atoms with Gasteiger partial charge in [-0.1, -0.05) is 42.5 Å². The number of carbonyl (C=O) groups excluding carboxylic acids is 1. The van der Waals surface area contributed by atoms with Crippen molar-refractivity contribution < 1.29 is 9.18 Å². The average molecular weight is 457 g/mol. The molecule has 1 fully saturated rings. The SMILES string of the molecule is O=C(NC1CCN(Cc2ccccc2)CC1)c1cc(-c2ccc(F)cc2)cc(-n2cnnn2)c1. The van der Waals surface area contributed by atoms with E-state index in [4.69, 9.17) is 0 Å². The quantitative estimate of drug-likeness (QED) is 0.477. The van der Waals surface area contributed by atoms with Crippen LogP contribution in [0.1, 0.15) is 28.8 Å². The molecule has 7 nitrogen and oxygen atoms in total. The number of carbonyl (C=O) groups is 1. The van der Waals surface area contributed by atoms with E-state index in [1.807, 2.05) is 18.2 Å². The van der Waals surface area contributed by atoms with Crippen LogP contribution in [-0.2, 0) is 6.54 Å². The summed E-state index contributed by atoms with van der Waals surface area (Å²) < 4.78 is 14.9.